The van der Waals surface area contributed by atoms with Gasteiger partial charge in [-0.05, 0) is 11.1 Å². The molecule has 4 rings (SSSR count). The van der Waals surface area contributed by atoms with Gasteiger partial charge in [0.1, 0.15) is 0 Å². The second-order valence-electron chi connectivity index (χ2n) is 8.91. The number of hydrogen-bond donors (Lipinski definition) is 8. The Balaban J connectivity index is 1.70. The van der Waals surface area contributed by atoms with Crippen molar-refractivity contribution >= 4 is 5.69 Å². The van der Waals surface area contributed by atoms with Crippen LogP contribution in [0.25, 0.3) is 10.4 Å². The van der Waals surface area contributed by atoms with Gasteiger partial charge in [-0.3, -0.25) is 0 Å². The first-order valence-electron chi connectivity index (χ1n) is 11.6. The fourth-order valence-corrected chi connectivity index (χ4v) is 4.11. The summed E-state index contributed by atoms with van der Waals surface area (Å²) in [6.45, 7) is 10.8. The molecule has 0 spiro atoms. The third-order valence-electron chi connectivity index (χ3n) is 6.02. The predicted molar refractivity (Wildman–Crippen MR) is 129 cm³/mol. The molecule has 178 valence electrons. The Labute approximate surface area is 190 Å². The van der Waals surface area contributed by atoms with Crippen LogP contribution in [0, 0.1) is 0 Å². The van der Waals surface area contributed by atoms with Crippen LogP contribution in [0.2, 0.25) is 0 Å². The van der Waals surface area contributed by atoms with Crippen molar-refractivity contribution < 1.29 is 0 Å². The van der Waals surface area contributed by atoms with Crippen LogP contribution in [0.15, 0.2) is 29.4 Å². The summed E-state index contributed by atoms with van der Waals surface area (Å²) >= 11 is 0. The van der Waals surface area contributed by atoms with Crippen molar-refractivity contribution in [2.45, 2.75) is 17.6 Å². The molecule has 11 nitrogen and oxygen atoms in total. The minimum Gasteiger partial charge on any atom is -0.322 e. The summed E-state index contributed by atoms with van der Waals surface area (Å²) in [7, 11) is 0. The SMILES string of the molecule is [N-]=[N+]=Nc1ccc(CNC23CNCCNCC(N)(CNCCNC2)CNCCNC3)cc1. The first kappa shape index (κ1) is 24.8. The summed E-state index contributed by atoms with van der Waals surface area (Å²) in [5.74, 6) is 0. The molecular formula is C21H39N11. The second kappa shape index (κ2) is 13.0. The van der Waals surface area contributed by atoms with E-state index in [9.17, 15) is 0 Å². The van der Waals surface area contributed by atoms with E-state index in [0.29, 0.717) is 5.69 Å². The monoisotopic (exact) mass is 445 g/mol. The molecule has 32 heavy (non-hydrogen) atoms. The molecule has 1 aromatic rings. The van der Waals surface area contributed by atoms with E-state index in [2.05, 4.69) is 47.2 Å². The van der Waals surface area contributed by atoms with Crippen LogP contribution in [0.4, 0.5) is 5.69 Å². The van der Waals surface area contributed by atoms with Gasteiger partial charge in [-0.1, -0.05) is 29.4 Å². The number of hydrogen-bond acceptors (Lipinski definition) is 9. The lowest BCUT2D eigenvalue weighted by Gasteiger charge is -2.37. The molecular weight excluding hydrogens is 406 g/mol. The lowest BCUT2D eigenvalue weighted by Crippen LogP contribution is -2.66. The number of nitrogens with zero attached hydrogens (tertiary/aromatic N) is 3. The maximum Gasteiger partial charge on any atom is 0.0561 e. The van der Waals surface area contributed by atoms with Gasteiger partial charge in [0.05, 0.1) is 11.1 Å². The Kier molecular flexibility index (Phi) is 10.1. The first-order valence-corrected chi connectivity index (χ1v) is 11.6. The van der Waals surface area contributed by atoms with Gasteiger partial charge in [-0.25, -0.2) is 0 Å². The Bertz CT molecular complexity index is 673. The molecule has 2 bridgehead atoms. The van der Waals surface area contributed by atoms with Crippen molar-refractivity contribution in [1.82, 2.24) is 37.2 Å². The Hall–Kier alpha value is -1.79. The van der Waals surface area contributed by atoms with Crippen molar-refractivity contribution in [2.75, 3.05) is 78.5 Å². The normalized spacial score (nSPS) is 28.9. The van der Waals surface area contributed by atoms with E-state index in [0.717, 1.165) is 90.6 Å². The minimum absolute atomic E-state index is 0.157. The average Bonchev–Trinajstić information content (AvgIpc) is 2.80. The van der Waals surface area contributed by atoms with Crippen molar-refractivity contribution in [2.24, 2.45) is 10.8 Å². The molecule has 0 aliphatic carbocycles. The molecule has 3 aliphatic heterocycles. The molecule has 0 amide bonds. The molecule has 11 heteroatoms. The number of rotatable bonds is 4. The Morgan fingerprint density at radius 2 is 1.22 bits per heavy atom. The zero-order valence-electron chi connectivity index (χ0n) is 18.9. The third kappa shape index (κ3) is 8.28. The predicted octanol–water partition coefficient (Wildman–Crippen LogP) is -1.28. The lowest BCUT2D eigenvalue weighted by atomic mass is 9.97. The molecule has 0 saturated carbocycles. The Morgan fingerprint density at radius 3 is 1.66 bits per heavy atom. The smallest absolute Gasteiger partial charge is 0.0561 e. The number of nitrogens with one attached hydrogen (secondary N) is 7. The number of benzene rings is 1. The van der Waals surface area contributed by atoms with Crippen molar-refractivity contribution in [1.29, 1.82) is 0 Å². The van der Waals surface area contributed by atoms with Crippen LogP contribution in [0.3, 0.4) is 0 Å². The fraction of sp³-hybridized carbons (Fsp3) is 0.714. The first-order chi connectivity index (χ1) is 15.6. The molecule has 3 saturated heterocycles. The maximum atomic E-state index is 8.60. The van der Waals surface area contributed by atoms with Crippen LogP contribution in [-0.2, 0) is 6.54 Å². The van der Waals surface area contributed by atoms with Gasteiger partial charge in [0.25, 0.3) is 0 Å². The van der Waals surface area contributed by atoms with Crippen LogP contribution in [0.5, 0.6) is 0 Å². The number of azide groups is 1. The zero-order valence-corrected chi connectivity index (χ0v) is 18.9. The summed E-state index contributed by atoms with van der Waals surface area (Å²) in [5, 5.41) is 28.9. The highest BCUT2D eigenvalue weighted by Gasteiger charge is 2.30. The summed E-state index contributed by atoms with van der Waals surface area (Å²) in [6, 6.07) is 7.71. The molecule has 1 aromatic carbocycles. The number of nitrogens with two attached hydrogens (primary N) is 1. The molecule has 0 atom stereocenters. The van der Waals surface area contributed by atoms with Crippen molar-refractivity contribution in [3.8, 4) is 0 Å². The summed E-state index contributed by atoms with van der Waals surface area (Å²) in [4.78, 5) is 2.85. The van der Waals surface area contributed by atoms with Gasteiger partial charge < -0.3 is 43.0 Å². The Morgan fingerprint density at radius 1 is 0.781 bits per heavy atom. The summed E-state index contributed by atoms with van der Waals surface area (Å²) in [6.07, 6.45) is 0. The van der Waals surface area contributed by atoms with Crippen molar-refractivity contribution in [3.05, 3.63) is 40.3 Å². The van der Waals surface area contributed by atoms with Crippen LogP contribution in [0.1, 0.15) is 5.56 Å². The van der Waals surface area contributed by atoms with E-state index in [1.165, 1.54) is 0 Å². The highest BCUT2D eigenvalue weighted by molar-refractivity contribution is 5.38. The van der Waals surface area contributed by atoms with Gasteiger partial charge in [0.15, 0.2) is 0 Å². The molecule has 3 aliphatic rings. The highest BCUT2D eigenvalue weighted by atomic mass is 15.1. The second-order valence-corrected chi connectivity index (χ2v) is 8.91. The van der Waals surface area contributed by atoms with E-state index in [1.807, 2.05) is 24.3 Å². The van der Waals surface area contributed by atoms with Gasteiger partial charge >= 0.3 is 0 Å². The molecule has 9 N–H and O–H groups in total. The summed E-state index contributed by atoms with van der Waals surface area (Å²) < 4.78 is 0. The molecule has 0 radical (unpaired) electrons. The van der Waals surface area contributed by atoms with E-state index in [4.69, 9.17) is 11.3 Å². The fourth-order valence-electron chi connectivity index (χ4n) is 4.11. The van der Waals surface area contributed by atoms with Crippen LogP contribution in [-0.4, -0.2) is 89.6 Å². The standard InChI is InChI=1S/C21H39N11/c22-20-12-24-5-8-27-15-21(16-28-9-6-25-13-20,17-29-10-7-26-14-20)30-11-18-1-3-19(4-2-18)31-32-23/h1-4,24-30H,5-17,22H2. The van der Waals surface area contributed by atoms with E-state index in [-0.39, 0.29) is 11.1 Å². The van der Waals surface area contributed by atoms with E-state index in [1.54, 1.807) is 0 Å². The van der Waals surface area contributed by atoms with Gasteiger partial charge in [-0.15, -0.1) is 0 Å². The topological polar surface area (TPSA) is 159 Å². The highest BCUT2D eigenvalue weighted by Crippen LogP contribution is 2.14. The molecule has 3 heterocycles. The maximum absolute atomic E-state index is 8.60. The average molecular weight is 446 g/mol. The van der Waals surface area contributed by atoms with Crippen LogP contribution < -0.4 is 43.0 Å². The lowest BCUT2D eigenvalue weighted by molar-refractivity contribution is 0.269. The van der Waals surface area contributed by atoms with Gasteiger partial charge in [0.2, 0.25) is 0 Å². The largest absolute Gasteiger partial charge is 0.322 e. The van der Waals surface area contributed by atoms with Crippen LogP contribution >= 0.6 is 0 Å². The molecule has 3 fully saturated rings. The van der Waals surface area contributed by atoms with Crippen molar-refractivity contribution in [3.63, 3.8) is 0 Å². The quantitative estimate of drug-likeness (QED) is 0.162. The third-order valence-corrected chi connectivity index (χ3v) is 6.02. The summed E-state index contributed by atoms with van der Waals surface area (Å²) in [5.41, 5.74) is 16.6. The zero-order chi connectivity index (χ0) is 22.5. The molecule has 0 unspecified atom stereocenters. The number of fused-ring (bicyclic) bond motifs is 15. The molecule has 0 aromatic heterocycles. The van der Waals surface area contributed by atoms with Gasteiger partial charge in [-0.2, -0.15) is 0 Å². The minimum atomic E-state index is -0.312. The van der Waals surface area contributed by atoms with E-state index < -0.39 is 0 Å². The van der Waals surface area contributed by atoms with Gasteiger partial charge in [0, 0.05) is 95.7 Å². The van der Waals surface area contributed by atoms with E-state index >= 15 is 0 Å².